The van der Waals surface area contributed by atoms with Gasteiger partial charge >= 0.3 is 5.97 Å². The molecule has 0 saturated heterocycles. The lowest BCUT2D eigenvalue weighted by Crippen LogP contribution is -2.07. The number of nitrogen functional groups attached to an aromatic ring is 1. The predicted octanol–water partition coefficient (Wildman–Crippen LogP) is 0.995. The zero-order valence-electron chi connectivity index (χ0n) is 8.08. The molecule has 4 nitrogen and oxygen atoms in total. The van der Waals surface area contributed by atoms with Gasteiger partial charge in [0.15, 0.2) is 0 Å². The highest BCUT2D eigenvalue weighted by Crippen LogP contribution is 2.18. The van der Waals surface area contributed by atoms with Gasteiger partial charge in [-0.15, -0.1) is 0 Å². The van der Waals surface area contributed by atoms with Crippen LogP contribution in [0.1, 0.15) is 11.1 Å². The molecular weight excluding hydrogens is 199 g/mol. The highest BCUT2D eigenvalue weighted by Gasteiger charge is 2.11. The number of ether oxygens (including phenoxy) is 1. The molecule has 0 radical (unpaired) electrons. The van der Waals surface area contributed by atoms with Crippen LogP contribution < -0.4 is 5.73 Å². The van der Waals surface area contributed by atoms with E-state index in [0.29, 0.717) is 5.56 Å². The Morgan fingerprint density at radius 2 is 2.33 bits per heavy atom. The van der Waals surface area contributed by atoms with Crippen molar-refractivity contribution in [1.82, 2.24) is 0 Å². The van der Waals surface area contributed by atoms with Gasteiger partial charge in [0.05, 0.1) is 19.1 Å². The number of halogens is 1. The topological polar surface area (TPSA) is 76.1 Å². The maximum Gasteiger partial charge on any atom is 0.310 e. The maximum atomic E-state index is 13.2. The average molecular weight is 208 g/mol. The molecule has 0 fully saturated rings. The number of hydrogen-bond acceptors (Lipinski definition) is 4. The number of nitrogens with zero attached hydrogens (tertiary/aromatic N) is 1. The summed E-state index contributed by atoms with van der Waals surface area (Å²) in [6.45, 7) is 0. The first-order valence-electron chi connectivity index (χ1n) is 4.13. The summed E-state index contributed by atoms with van der Waals surface area (Å²) in [6, 6.07) is 3.94. The molecule has 15 heavy (non-hydrogen) atoms. The Labute approximate surface area is 86.1 Å². The summed E-state index contributed by atoms with van der Waals surface area (Å²) in [5.74, 6) is -1.20. The summed E-state index contributed by atoms with van der Waals surface area (Å²) < 4.78 is 17.6. The second-order valence-corrected chi connectivity index (χ2v) is 2.90. The average Bonchev–Trinajstić information content (AvgIpc) is 2.22. The highest BCUT2D eigenvalue weighted by atomic mass is 19.1. The van der Waals surface area contributed by atoms with E-state index in [2.05, 4.69) is 4.74 Å². The highest BCUT2D eigenvalue weighted by molar-refractivity contribution is 5.75. The molecule has 0 amide bonds. The van der Waals surface area contributed by atoms with E-state index in [4.69, 9.17) is 11.0 Å². The summed E-state index contributed by atoms with van der Waals surface area (Å²) in [6.07, 6.45) is -0.106. The van der Waals surface area contributed by atoms with Gasteiger partial charge in [0.25, 0.3) is 0 Å². The number of nitrogens with two attached hydrogens (primary N) is 1. The van der Waals surface area contributed by atoms with Crippen LogP contribution in [-0.2, 0) is 16.0 Å². The molecule has 0 aromatic heterocycles. The van der Waals surface area contributed by atoms with Crippen molar-refractivity contribution in [3.63, 3.8) is 0 Å². The van der Waals surface area contributed by atoms with Crippen LogP contribution >= 0.6 is 0 Å². The minimum absolute atomic E-state index is 0.106. The Morgan fingerprint density at radius 1 is 1.67 bits per heavy atom. The Bertz CT molecular complexity index is 438. The third kappa shape index (κ3) is 2.44. The van der Waals surface area contributed by atoms with Crippen LogP contribution in [0.15, 0.2) is 12.1 Å². The van der Waals surface area contributed by atoms with Gasteiger partial charge in [0.1, 0.15) is 11.9 Å². The third-order valence-electron chi connectivity index (χ3n) is 1.91. The van der Waals surface area contributed by atoms with Gasteiger partial charge in [-0.2, -0.15) is 5.26 Å². The van der Waals surface area contributed by atoms with Crippen molar-refractivity contribution in [2.24, 2.45) is 0 Å². The van der Waals surface area contributed by atoms with Crippen LogP contribution in [0.2, 0.25) is 0 Å². The summed E-state index contributed by atoms with van der Waals surface area (Å²) in [4.78, 5) is 10.9. The van der Waals surface area contributed by atoms with E-state index in [1.54, 1.807) is 6.07 Å². The molecule has 0 aliphatic carbocycles. The molecule has 1 rings (SSSR count). The quantitative estimate of drug-likeness (QED) is 0.581. The summed E-state index contributed by atoms with van der Waals surface area (Å²) >= 11 is 0. The molecule has 0 aliphatic heterocycles. The lowest BCUT2D eigenvalue weighted by atomic mass is 10.1. The number of esters is 1. The van der Waals surface area contributed by atoms with Crippen molar-refractivity contribution in [2.75, 3.05) is 12.8 Å². The predicted molar refractivity (Wildman–Crippen MR) is 51.2 cm³/mol. The fraction of sp³-hybridized carbons (Fsp3) is 0.200. The molecule has 0 saturated carbocycles. The Hall–Kier alpha value is -2.09. The number of rotatable bonds is 2. The SMILES string of the molecule is COC(=O)Cc1cc(F)c(C#N)cc1N. The van der Waals surface area contributed by atoms with E-state index in [1.165, 1.54) is 13.2 Å². The van der Waals surface area contributed by atoms with E-state index >= 15 is 0 Å². The van der Waals surface area contributed by atoms with Gasteiger partial charge in [-0.05, 0) is 17.7 Å². The van der Waals surface area contributed by atoms with Crippen LogP contribution in [0.4, 0.5) is 10.1 Å². The Morgan fingerprint density at radius 3 is 2.87 bits per heavy atom. The number of hydrogen-bond donors (Lipinski definition) is 1. The number of methoxy groups -OCH3 is 1. The van der Waals surface area contributed by atoms with Crippen LogP contribution in [0.3, 0.4) is 0 Å². The first-order valence-corrected chi connectivity index (χ1v) is 4.13. The fourth-order valence-corrected chi connectivity index (χ4v) is 1.10. The van der Waals surface area contributed by atoms with E-state index in [0.717, 1.165) is 6.07 Å². The largest absolute Gasteiger partial charge is 0.469 e. The van der Waals surface area contributed by atoms with Crippen molar-refractivity contribution in [1.29, 1.82) is 5.26 Å². The van der Waals surface area contributed by atoms with Crippen molar-refractivity contribution < 1.29 is 13.9 Å². The lowest BCUT2D eigenvalue weighted by molar-refractivity contribution is -0.139. The summed E-state index contributed by atoms with van der Waals surface area (Å²) in [5.41, 5.74) is 5.93. The fourth-order valence-electron chi connectivity index (χ4n) is 1.10. The second-order valence-electron chi connectivity index (χ2n) is 2.90. The zero-order valence-corrected chi connectivity index (χ0v) is 8.08. The number of anilines is 1. The number of carbonyl (C=O) groups is 1. The van der Waals surface area contributed by atoms with Crippen molar-refractivity contribution in [3.05, 3.63) is 29.1 Å². The number of carbonyl (C=O) groups excluding carboxylic acids is 1. The standard InChI is InChI=1S/C10H9FN2O2/c1-15-10(14)4-6-2-8(11)7(5-12)3-9(6)13/h2-3H,4,13H2,1H3. The van der Waals surface area contributed by atoms with Gasteiger partial charge in [-0.1, -0.05) is 0 Å². The molecule has 1 aromatic carbocycles. The Balaban J connectivity index is 3.06. The molecule has 78 valence electrons. The van der Waals surface area contributed by atoms with Gasteiger partial charge in [0, 0.05) is 5.69 Å². The molecule has 0 aliphatic rings. The van der Waals surface area contributed by atoms with Gasteiger partial charge in [-0.3, -0.25) is 4.79 Å². The smallest absolute Gasteiger partial charge is 0.310 e. The molecule has 5 heteroatoms. The summed E-state index contributed by atoms with van der Waals surface area (Å²) in [7, 11) is 1.23. The molecule has 1 aromatic rings. The first-order chi connectivity index (χ1) is 7.08. The minimum atomic E-state index is -0.689. The van der Waals surface area contributed by atoms with E-state index in [1.807, 2.05) is 0 Å². The number of benzene rings is 1. The normalized spacial score (nSPS) is 9.40. The van der Waals surface area contributed by atoms with Gasteiger partial charge in [-0.25, -0.2) is 4.39 Å². The van der Waals surface area contributed by atoms with Gasteiger partial charge in [0.2, 0.25) is 0 Å². The molecule has 0 spiro atoms. The number of nitriles is 1. The van der Waals surface area contributed by atoms with Crippen molar-refractivity contribution >= 4 is 11.7 Å². The van der Waals surface area contributed by atoms with E-state index in [-0.39, 0.29) is 17.7 Å². The molecule has 0 unspecified atom stereocenters. The molecule has 0 bridgehead atoms. The summed E-state index contributed by atoms with van der Waals surface area (Å²) in [5, 5.41) is 8.52. The third-order valence-corrected chi connectivity index (χ3v) is 1.91. The van der Waals surface area contributed by atoms with Crippen molar-refractivity contribution in [2.45, 2.75) is 6.42 Å². The first kappa shape index (κ1) is 11.0. The molecular formula is C10H9FN2O2. The van der Waals surface area contributed by atoms with Crippen LogP contribution in [-0.4, -0.2) is 13.1 Å². The Kier molecular flexibility index (Phi) is 3.24. The lowest BCUT2D eigenvalue weighted by Gasteiger charge is -2.05. The van der Waals surface area contributed by atoms with Crippen molar-refractivity contribution in [3.8, 4) is 6.07 Å². The maximum absolute atomic E-state index is 13.2. The van der Waals surface area contributed by atoms with Crippen LogP contribution in [0.5, 0.6) is 0 Å². The minimum Gasteiger partial charge on any atom is -0.469 e. The van der Waals surface area contributed by atoms with E-state index < -0.39 is 11.8 Å². The van der Waals surface area contributed by atoms with E-state index in [9.17, 15) is 9.18 Å². The monoisotopic (exact) mass is 208 g/mol. The van der Waals surface area contributed by atoms with Crippen LogP contribution in [0, 0.1) is 17.1 Å². The van der Waals surface area contributed by atoms with Gasteiger partial charge < -0.3 is 10.5 Å². The molecule has 0 heterocycles. The molecule has 2 N–H and O–H groups in total. The second kappa shape index (κ2) is 4.42. The molecule has 0 atom stereocenters. The van der Waals surface area contributed by atoms with Crippen LogP contribution in [0.25, 0.3) is 0 Å². The zero-order chi connectivity index (χ0) is 11.4.